The first kappa shape index (κ1) is 19.2. The lowest BCUT2D eigenvalue weighted by Crippen LogP contribution is -2.27. The quantitative estimate of drug-likeness (QED) is 0.609. The lowest BCUT2D eigenvalue weighted by molar-refractivity contribution is -0.119. The number of halogens is 2. The number of hydrogen-bond acceptors (Lipinski definition) is 3. The third kappa shape index (κ3) is 4.18. The Kier molecular flexibility index (Phi) is 5.13. The van der Waals surface area contributed by atoms with E-state index in [4.69, 9.17) is 0 Å². The van der Waals surface area contributed by atoms with Crippen LogP contribution < -0.4 is 5.69 Å². The van der Waals surface area contributed by atoms with Gasteiger partial charge in [-0.3, -0.25) is 9.36 Å². The maximum atomic E-state index is 14.3. The van der Waals surface area contributed by atoms with Crippen LogP contribution in [0.2, 0.25) is 0 Å². The van der Waals surface area contributed by atoms with Crippen LogP contribution in [-0.4, -0.2) is 20.1 Å². The van der Waals surface area contributed by atoms with Crippen molar-refractivity contribution in [1.82, 2.24) is 14.3 Å². The molecule has 0 bridgehead atoms. The van der Waals surface area contributed by atoms with Crippen molar-refractivity contribution in [3.63, 3.8) is 0 Å². The van der Waals surface area contributed by atoms with Gasteiger partial charge in [0.05, 0.1) is 5.56 Å². The van der Waals surface area contributed by atoms with Crippen LogP contribution in [0.3, 0.4) is 0 Å². The van der Waals surface area contributed by atoms with Gasteiger partial charge in [-0.15, -0.1) is 5.10 Å². The van der Waals surface area contributed by atoms with Crippen LogP contribution in [0.5, 0.6) is 0 Å². The van der Waals surface area contributed by atoms with Gasteiger partial charge in [-0.1, -0.05) is 29.8 Å². The van der Waals surface area contributed by atoms with Crippen LogP contribution in [-0.2, 0) is 17.8 Å². The molecule has 1 aliphatic rings. The summed E-state index contributed by atoms with van der Waals surface area (Å²) in [4.78, 5) is 25.2. The largest absolute Gasteiger partial charge is 0.346 e. The van der Waals surface area contributed by atoms with E-state index >= 15 is 0 Å². The van der Waals surface area contributed by atoms with E-state index < -0.39 is 17.3 Å². The first-order valence-electron chi connectivity index (χ1n) is 9.64. The third-order valence-corrected chi connectivity index (χ3v) is 5.06. The number of Topliss-reactive ketones (excluding diaryl/α,β-unsaturated/α-hetero) is 1. The maximum absolute atomic E-state index is 14.3. The lowest BCUT2D eigenvalue weighted by Gasteiger charge is -2.04. The zero-order valence-corrected chi connectivity index (χ0v) is 16.1. The molecule has 29 heavy (non-hydrogen) atoms. The van der Waals surface area contributed by atoms with Crippen molar-refractivity contribution in [3.8, 4) is 11.4 Å². The molecule has 1 fully saturated rings. The van der Waals surface area contributed by atoms with Crippen LogP contribution >= 0.6 is 0 Å². The molecule has 0 atom stereocenters. The van der Waals surface area contributed by atoms with Crippen molar-refractivity contribution in [2.24, 2.45) is 0 Å². The molecule has 1 saturated carbocycles. The molecule has 0 unspecified atom stereocenters. The fourth-order valence-electron chi connectivity index (χ4n) is 3.44. The van der Waals surface area contributed by atoms with Crippen LogP contribution in [0.25, 0.3) is 11.4 Å². The van der Waals surface area contributed by atoms with E-state index in [1.807, 2.05) is 31.2 Å². The summed E-state index contributed by atoms with van der Waals surface area (Å²) in [6.07, 6.45) is 2.45. The average molecular weight is 397 g/mol. The van der Waals surface area contributed by atoms with Gasteiger partial charge in [0.25, 0.3) is 0 Å². The molecule has 150 valence electrons. The number of aromatic nitrogens is 3. The van der Waals surface area contributed by atoms with Crippen LogP contribution in [0.4, 0.5) is 8.78 Å². The molecule has 1 heterocycles. The van der Waals surface area contributed by atoms with Crippen molar-refractivity contribution in [2.75, 3.05) is 0 Å². The highest BCUT2D eigenvalue weighted by Gasteiger charge is 2.31. The van der Waals surface area contributed by atoms with E-state index in [1.165, 1.54) is 10.6 Å². The molecule has 0 N–H and O–H groups in total. The van der Waals surface area contributed by atoms with Gasteiger partial charge < -0.3 is 0 Å². The van der Waals surface area contributed by atoms with Gasteiger partial charge in [-0.05, 0) is 43.9 Å². The summed E-state index contributed by atoms with van der Waals surface area (Å²) in [5.74, 6) is -1.46. The molecule has 0 aliphatic heterocycles. The van der Waals surface area contributed by atoms with E-state index in [0.29, 0.717) is 6.42 Å². The lowest BCUT2D eigenvalue weighted by atomic mass is 10.1. The van der Waals surface area contributed by atoms with Crippen molar-refractivity contribution >= 4 is 5.78 Å². The van der Waals surface area contributed by atoms with Gasteiger partial charge in [0, 0.05) is 18.5 Å². The number of benzene rings is 2. The summed E-state index contributed by atoms with van der Waals surface area (Å²) >= 11 is 0. The minimum Gasteiger partial charge on any atom is -0.298 e. The third-order valence-electron chi connectivity index (χ3n) is 5.06. The normalized spacial score (nSPS) is 13.6. The van der Waals surface area contributed by atoms with Gasteiger partial charge >= 0.3 is 5.69 Å². The Labute approximate surface area is 166 Å². The molecule has 0 amide bonds. The summed E-state index contributed by atoms with van der Waals surface area (Å²) < 4.78 is 30.0. The first-order chi connectivity index (χ1) is 13.9. The molecular weight excluding hydrogens is 376 g/mol. The zero-order valence-electron chi connectivity index (χ0n) is 16.1. The summed E-state index contributed by atoms with van der Waals surface area (Å²) in [5.41, 5.74) is 1.81. The van der Waals surface area contributed by atoms with E-state index in [2.05, 4.69) is 5.10 Å². The molecule has 5 nitrogen and oxygen atoms in total. The van der Waals surface area contributed by atoms with E-state index in [-0.39, 0.29) is 36.2 Å². The maximum Gasteiger partial charge on any atom is 0.346 e. The van der Waals surface area contributed by atoms with Crippen LogP contribution in [0, 0.1) is 18.6 Å². The summed E-state index contributed by atoms with van der Waals surface area (Å²) in [7, 11) is 0. The van der Waals surface area contributed by atoms with Gasteiger partial charge in [-0.25, -0.2) is 18.3 Å². The zero-order chi connectivity index (χ0) is 20.5. The standard InChI is InChI=1S/C22H21F2N3O2/c1-14-3-2-4-15(11-14)5-9-18(28)13-26-22(29)27(17-7-8-17)21(25-26)19-10-6-16(23)12-20(19)24/h2-4,6,10-12,17H,5,7-9,13H2,1H3. The highest BCUT2D eigenvalue weighted by molar-refractivity contribution is 5.78. The number of rotatable bonds is 7. The number of aryl methyl sites for hydroxylation is 2. The highest BCUT2D eigenvalue weighted by atomic mass is 19.1. The number of ketones is 1. The SMILES string of the molecule is Cc1cccc(CCC(=O)Cn2nc(-c3ccc(F)cc3F)n(C3CC3)c2=O)c1. The molecule has 0 saturated heterocycles. The first-order valence-corrected chi connectivity index (χ1v) is 9.64. The van der Waals surface area contributed by atoms with Crippen molar-refractivity contribution < 1.29 is 13.6 Å². The fraction of sp³-hybridized carbons (Fsp3) is 0.318. The smallest absolute Gasteiger partial charge is 0.298 e. The minimum absolute atomic E-state index is 0.0568. The van der Waals surface area contributed by atoms with Crippen molar-refractivity contribution in [2.45, 2.75) is 45.2 Å². The monoisotopic (exact) mass is 397 g/mol. The van der Waals surface area contributed by atoms with Crippen molar-refractivity contribution in [3.05, 3.63) is 75.7 Å². The molecule has 2 aromatic carbocycles. The Morgan fingerprint density at radius 3 is 2.66 bits per heavy atom. The number of carbonyl (C=O) groups is 1. The van der Waals surface area contributed by atoms with Crippen molar-refractivity contribution in [1.29, 1.82) is 0 Å². The summed E-state index contributed by atoms with van der Waals surface area (Å²) in [6, 6.07) is 11.0. The molecule has 4 rings (SSSR count). The molecule has 0 spiro atoms. The predicted octanol–water partition coefficient (Wildman–Crippen LogP) is 3.84. The molecule has 1 aromatic heterocycles. The minimum atomic E-state index is -0.783. The molecule has 0 radical (unpaired) electrons. The summed E-state index contributed by atoms with van der Waals surface area (Å²) in [6.45, 7) is 1.83. The van der Waals surface area contributed by atoms with Crippen LogP contribution in [0.15, 0.2) is 47.3 Å². The van der Waals surface area contributed by atoms with E-state index in [0.717, 1.165) is 40.8 Å². The number of carbonyl (C=O) groups excluding carboxylic acids is 1. The Hall–Kier alpha value is -3.09. The second-order valence-electron chi connectivity index (χ2n) is 7.52. The fourth-order valence-corrected chi connectivity index (χ4v) is 3.44. The Morgan fingerprint density at radius 1 is 1.17 bits per heavy atom. The van der Waals surface area contributed by atoms with Gasteiger partial charge in [-0.2, -0.15) is 0 Å². The molecule has 1 aliphatic carbocycles. The average Bonchev–Trinajstić information content (AvgIpc) is 3.45. The highest BCUT2D eigenvalue weighted by Crippen LogP contribution is 2.37. The second-order valence-corrected chi connectivity index (χ2v) is 7.52. The molecule has 3 aromatic rings. The second kappa shape index (κ2) is 7.73. The van der Waals surface area contributed by atoms with Crippen LogP contribution in [0.1, 0.15) is 36.4 Å². The summed E-state index contributed by atoms with van der Waals surface area (Å²) in [5, 5.41) is 4.22. The van der Waals surface area contributed by atoms with E-state index in [9.17, 15) is 18.4 Å². The Balaban J connectivity index is 1.56. The number of nitrogens with zero attached hydrogens (tertiary/aromatic N) is 3. The Morgan fingerprint density at radius 2 is 1.97 bits per heavy atom. The Bertz CT molecular complexity index is 1130. The molecular formula is C22H21F2N3O2. The molecule has 7 heteroatoms. The topological polar surface area (TPSA) is 56.9 Å². The van der Waals surface area contributed by atoms with Gasteiger partial charge in [0.15, 0.2) is 11.6 Å². The van der Waals surface area contributed by atoms with E-state index in [1.54, 1.807) is 0 Å². The van der Waals surface area contributed by atoms with Gasteiger partial charge in [0.2, 0.25) is 0 Å². The predicted molar refractivity (Wildman–Crippen MR) is 105 cm³/mol. The van der Waals surface area contributed by atoms with Gasteiger partial charge in [0.1, 0.15) is 18.2 Å². The number of hydrogen-bond donors (Lipinski definition) is 0.